The van der Waals surface area contributed by atoms with Gasteiger partial charge in [-0.2, -0.15) is 0 Å². The fourth-order valence-electron chi connectivity index (χ4n) is 5.87. The molecular weight excluding hydrogens is 537 g/mol. The molecule has 6 heteroatoms. The minimum atomic E-state index is -4.33. The summed E-state index contributed by atoms with van der Waals surface area (Å²) in [5, 5.41) is 0. The van der Waals surface area contributed by atoms with Crippen LogP contribution in [0.1, 0.15) is 107 Å². The maximum atomic E-state index is 8.13. The Morgan fingerprint density at radius 2 is 1.03 bits per heavy atom. The first-order valence-corrected chi connectivity index (χ1v) is 18.6. The van der Waals surface area contributed by atoms with Gasteiger partial charge >= 0.3 is 247 Å². The molecule has 0 radical (unpaired) electrons. The van der Waals surface area contributed by atoms with Gasteiger partial charge in [-0.05, 0) is 0 Å². The molecular formula is C33H45Cl2N3Si. The van der Waals surface area contributed by atoms with Crippen LogP contribution >= 0.6 is 22.2 Å². The molecule has 1 heterocycles. The summed E-state index contributed by atoms with van der Waals surface area (Å²) in [5.41, 5.74) is 8.46. The third kappa shape index (κ3) is 4.68. The molecule has 0 spiro atoms. The standard InChI is InChI=1S/C33H45Cl2N3Si/c1-22(2)27-18-14-19-28(23(3)4)31(27)37-33(26-16-12-11-13-17-26)38(39(37,34,35)36(9)10)32-29(24(5)6)20-15-21-30(32)25(7)8/h11-25H,1-10H3. The predicted molar refractivity (Wildman–Crippen MR) is 173 cm³/mol. The number of anilines is 1. The van der Waals surface area contributed by atoms with E-state index in [1.165, 1.54) is 22.3 Å². The van der Waals surface area contributed by atoms with Crippen LogP contribution in [0.2, 0.25) is 0 Å². The van der Waals surface area contributed by atoms with Gasteiger partial charge in [0.15, 0.2) is 0 Å². The van der Waals surface area contributed by atoms with Crippen LogP contribution in [-0.2, 0) is 0 Å². The van der Waals surface area contributed by atoms with Crippen molar-refractivity contribution in [2.24, 2.45) is 0 Å². The minimum absolute atomic E-state index is 0.304. The van der Waals surface area contributed by atoms with Gasteiger partial charge in [-0.15, -0.1) is 0 Å². The number of halogens is 2. The topological polar surface area (TPSA) is 9.49 Å². The molecule has 0 aromatic heterocycles. The first kappa shape index (κ1) is 29.9. The first-order valence-electron chi connectivity index (χ1n) is 14.3. The molecule has 3 aromatic rings. The Hall–Kier alpha value is -2.11. The van der Waals surface area contributed by atoms with Crippen LogP contribution in [0.15, 0.2) is 66.7 Å². The van der Waals surface area contributed by atoms with Crippen molar-refractivity contribution in [1.82, 2.24) is 4.57 Å². The molecule has 39 heavy (non-hydrogen) atoms. The van der Waals surface area contributed by atoms with Crippen LogP contribution in [0.25, 0.3) is 0 Å². The molecule has 0 amide bonds. The molecule has 1 aliphatic rings. The van der Waals surface area contributed by atoms with E-state index in [-0.39, 0.29) is 0 Å². The van der Waals surface area contributed by atoms with Gasteiger partial charge in [0.1, 0.15) is 0 Å². The molecule has 0 N–H and O–H groups in total. The molecule has 0 unspecified atom stereocenters. The van der Waals surface area contributed by atoms with Crippen molar-refractivity contribution in [3.63, 3.8) is 0 Å². The van der Waals surface area contributed by atoms with Gasteiger partial charge in [-0.3, -0.25) is 0 Å². The second-order valence-electron chi connectivity index (χ2n) is 12.3. The fraction of sp³-hybridized carbons (Fsp3) is 0.424. The zero-order valence-corrected chi connectivity index (χ0v) is 27.8. The van der Waals surface area contributed by atoms with E-state index >= 15 is 0 Å². The normalized spacial score (nSPS) is 17.8. The Labute approximate surface area is 246 Å². The van der Waals surface area contributed by atoms with Gasteiger partial charge in [0, 0.05) is 0 Å². The van der Waals surface area contributed by atoms with Crippen LogP contribution in [0.4, 0.5) is 11.4 Å². The number of amidine groups is 1. The van der Waals surface area contributed by atoms with Crippen LogP contribution in [0.3, 0.4) is 0 Å². The predicted octanol–water partition coefficient (Wildman–Crippen LogP) is 9.72. The summed E-state index contributed by atoms with van der Waals surface area (Å²) in [6.07, 6.45) is 0. The summed E-state index contributed by atoms with van der Waals surface area (Å²) in [5.74, 6) is 2.27. The van der Waals surface area contributed by atoms with E-state index in [0.717, 1.165) is 22.8 Å². The number of hydrogen-bond donors (Lipinski definition) is 0. The Morgan fingerprint density at radius 1 is 0.615 bits per heavy atom. The van der Waals surface area contributed by atoms with E-state index < -0.39 is 6.46 Å². The Kier molecular flexibility index (Phi) is 8.19. The number of nitrogens with zero attached hydrogens (tertiary/aromatic N) is 3. The average molecular weight is 583 g/mol. The van der Waals surface area contributed by atoms with E-state index in [0.29, 0.717) is 23.7 Å². The summed E-state index contributed by atoms with van der Waals surface area (Å²) in [4.78, 5) is 0. The Morgan fingerprint density at radius 3 is 1.41 bits per heavy atom. The van der Waals surface area contributed by atoms with Gasteiger partial charge in [0.05, 0.1) is 0 Å². The quantitative estimate of drug-likeness (QED) is 0.193. The monoisotopic (exact) mass is 581 g/mol. The van der Waals surface area contributed by atoms with Gasteiger partial charge < -0.3 is 0 Å². The zero-order chi connectivity index (χ0) is 28.9. The van der Waals surface area contributed by atoms with Crippen molar-refractivity contribution in [2.75, 3.05) is 18.7 Å². The average Bonchev–Trinajstić information content (AvgIpc) is 2.87. The molecule has 0 saturated heterocycles. The van der Waals surface area contributed by atoms with E-state index in [1.54, 1.807) is 0 Å². The number of para-hydroxylation sites is 2. The summed E-state index contributed by atoms with van der Waals surface area (Å²) in [7, 11) is 4.07. The van der Waals surface area contributed by atoms with Gasteiger partial charge in [-0.1, -0.05) is 0 Å². The second-order valence-corrected chi connectivity index (χ2v) is 20.6. The molecule has 3 nitrogen and oxygen atoms in total. The molecule has 0 saturated carbocycles. The Balaban J connectivity index is 2.28. The second kappa shape index (κ2) is 10.7. The van der Waals surface area contributed by atoms with Gasteiger partial charge in [0.25, 0.3) is 0 Å². The van der Waals surface area contributed by atoms with Crippen LogP contribution in [0.5, 0.6) is 0 Å². The number of hydrogen-bond acceptors (Lipinski definition) is 2. The molecule has 1 aliphatic heterocycles. The van der Waals surface area contributed by atoms with Gasteiger partial charge in [0.2, 0.25) is 0 Å². The first-order chi connectivity index (χ1) is 18.2. The van der Waals surface area contributed by atoms with Crippen molar-refractivity contribution in [2.45, 2.75) is 79.1 Å². The number of rotatable bonds is 8. The molecule has 0 bridgehead atoms. The summed E-state index contributed by atoms with van der Waals surface area (Å²) < 4.78 is 6.77. The van der Waals surface area contributed by atoms with E-state index in [1.807, 2.05) is 14.1 Å². The van der Waals surface area contributed by atoms with E-state index in [2.05, 4.69) is 135 Å². The summed E-state index contributed by atoms with van der Waals surface area (Å²) >= 11 is 16.3. The molecule has 210 valence electrons. The summed E-state index contributed by atoms with van der Waals surface area (Å²) in [6.45, 7) is 13.7. The SMILES string of the molecule is CC(C)c1cccc(C(C)C)c1N1C(c2ccccc2)=[N+](c2c(C(C)C)cccc2C(C)C)[Si-]1(Cl)(Cl)N(C)C. The van der Waals surface area contributed by atoms with Crippen LogP contribution < -0.4 is 4.57 Å². The van der Waals surface area contributed by atoms with Crippen LogP contribution in [0, 0.1) is 0 Å². The van der Waals surface area contributed by atoms with Gasteiger partial charge in [-0.25, -0.2) is 0 Å². The third-order valence-electron chi connectivity index (χ3n) is 8.06. The van der Waals surface area contributed by atoms with Crippen molar-refractivity contribution >= 4 is 45.8 Å². The fourth-order valence-corrected chi connectivity index (χ4v) is 11.1. The van der Waals surface area contributed by atoms with Crippen molar-refractivity contribution < 1.29 is 4.24 Å². The van der Waals surface area contributed by atoms with Crippen molar-refractivity contribution in [3.05, 3.63) is 94.5 Å². The van der Waals surface area contributed by atoms with Crippen molar-refractivity contribution in [1.29, 1.82) is 0 Å². The maximum absolute atomic E-state index is 8.13. The van der Waals surface area contributed by atoms with Crippen LogP contribution in [-0.4, -0.2) is 35.2 Å². The molecule has 3 aromatic carbocycles. The molecule has 0 atom stereocenters. The molecule has 4 rings (SSSR count). The van der Waals surface area contributed by atoms with E-state index in [9.17, 15) is 0 Å². The molecule has 0 aliphatic carbocycles. The number of benzene rings is 3. The Bertz CT molecular complexity index is 1340. The van der Waals surface area contributed by atoms with Crippen molar-refractivity contribution in [3.8, 4) is 0 Å². The zero-order valence-electron chi connectivity index (χ0n) is 25.3. The van der Waals surface area contributed by atoms with E-state index in [4.69, 9.17) is 22.2 Å². The third-order valence-corrected chi connectivity index (χ3v) is 15.9. The molecule has 0 fully saturated rings. The summed E-state index contributed by atoms with van der Waals surface area (Å²) in [6, 6.07) is 23.9.